The standard InChI is InChI=1S/C12H15FN2O3S/c1-14-7-9-3-2-4-10(5-9)15-8-11(6-12(15)16)19(13,17)18/h2-5,11,14H,6-8H2,1H3. The number of nitrogens with zero attached hydrogens (tertiary/aromatic N) is 1. The average Bonchev–Trinajstić information content (AvgIpc) is 2.72. The Bertz CT molecular complexity index is 588. The zero-order valence-electron chi connectivity index (χ0n) is 10.5. The molecule has 1 unspecified atom stereocenters. The van der Waals surface area contributed by atoms with Gasteiger partial charge in [0.25, 0.3) is 0 Å². The number of anilines is 1. The van der Waals surface area contributed by atoms with Gasteiger partial charge >= 0.3 is 10.2 Å². The summed E-state index contributed by atoms with van der Waals surface area (Å²) in [7, 11) is -2.87. The molecule has 1 fully saturated rings. The van der Waals surface area contributed by atoms with Gasteiger partial charge in [-0.05, 0) is 24.7 Å². The van der Waals surface area contributed by atoms with E-state index in [1.54, 1.807) is 25.2 Å². The van der Waals surface area contributed by atoms with Gasteiger partial charge < -0.3 is 10.2 Å². The van der Waals surface area contributed by atoms with Crippen LogP contribution in [0.15, 0.2) is 24.3 Å². The number of amides is 1. The van der Waals surface area contributed by atoms with Crippen molar-refractivity contribution in [3.05, 3.63) is 29.8 Å². The van der Waals surface area contributed by atoms with Gasteiger partial charge in [0.15, 0.2) is 0 Å². The molecule has 1 aliphatic rings. The van der Waals surface area contributed by atoms with Crippen molar-refractivity contribution in [3.63, 3.8) is 0 Å². The van der Waals surface area contributed by atoms with E-state index < -0.39 is 15.5 Å². The maximum Gasteiger partial charge on any atom is 0.307 e. The van der Waals surface area contributed by atoms with Gasteiger partial charge in [-0.25, -0.2) is 0 Å². The maximum atomic E-state index is 12.9. The van der Waals surface area contributed by atoms with Crippen LogP contribution in [0.5, 0.6) is 0 Å². The summed E-state index contributed by atoms with van der Waals surface area (Å²) in [6.07, 6.45) is -0.297. The Morgan fingerprint density at radius 1 is 1.47 bits per heavy atom. The summed E-state index contributed by atoms with van der Waals surface area (Å²) in [5.74, 6) is -0.368. The molecule has 1 saturated heterocycles. The molecule has 1 N–H and O–H groups in total. The van der Waals surface area contributed by atoms with Crippen LogP contribution in [0.1, 0.15) is 12.0 Å². The highest BCUT2D eigenvalue weighted by Crippen LogP contribution is 2.26. The lowest BCUT2D eigenvalue weighted by Gasteiger charge is -2.17. The Hall–Kier alpha value is -1.47. The molecule has 1 amide bonds. The van der Waals surface area contributed by atoms with Crippen molar-refractivity contribution >= 4 is 21.8 Å². The number of hydrogen-bond donors (Lipinski definition) is 1. The molecular formula is C12H15FN2O3S. The highest BCUT2D eigenvalue weighted by Gasteiger charge is 2.39. The molecular weight excluding hydrogens is 271 g/mol. The Morgan fingerprint density at radius 2 is 2.21 bits per heavy atom. The molecule has 5 nitrogen and oxygen atoms in total. The molecule has 7 heteroatoms. The number of benzene rings is 1. The zero-order valence-corrected chi connectivity index (χ0v) is 11.3. The topological polar surface area (TPSA) is 66.5 Å². The van der Waals surface area contributed by atoms with Crippen LogP contribution in [-0.4, -0.2) is 33.2 Å². The first-order valence-corrected chi connectivity index (χ1v) is 7.34. The minimum atomic E-state index is -4.67. The second-order valence-corrected chi connectivity index (χ2v) is 6.12. The Labute approximate surface area is 111 Å². The van der Waals surface area contributed by atoms with E-state index in [9.17, 15) is 17.1 Å². The van der Waals surface area contributed by atoms with E-state index in [0.29, 0.717) is 12.2 Å². The lowest BCUT2D eigenvalue weighted by atomic mass is 10.2. The van der Waals surface area contributed by atoms with Crippen LogP contribution < -0.4 is 10.2 Å². The van der Waals surface area contributed by atoms with E-state index in [-0.39, 0.29) is 18.9 Å². The molecule has 0 aromatic heterocycles. The van der Waals surface area contributed by atoms with Gasteiger partial charge in [-0.15, -0.1) is 3.89 Å². The maximum absolute atomic E-state index is 12.9. The largest absolute Gasteiger partial charge is 0.316 e. The Balaban J connectivity index is 2.23. The average molecular weight is 286 g/mol. The van der Waals surface area contributed by atoms with Crippen LogP contribution in [-0.2, 0) is 21.6 Å². The molecule has 1 atom stereocenters. The number of halogens is 1. The van der Waals surface area contributed by atoms with E-state index >= 15 is 0 Å². The van der Waals surface area contributed by atoms with Crippen molar-refractivity contribution in [1.29, 1.82) is 0 Å². The van der Waals surface area contributed by atoms with Crippen molar-refractivity contribution in [1.82, 2.24) is 5.32 Å². The van der Waals surface area contributed by atoms with Crippen LogP contribution in [0.4, 0.5) is 9.57 Å². The van der Waals surface area contributed by atoms with Gasteiger partial charge in [0, 0.05) is 25.2 Å². The minimum Gasteiger partial charge on any atom is -0.316 e. The fourth-order valence-corrected chi connectivity index (χ4v) is 2.82. The third kappa shape index (κ3) is 3.10. The van der Waals surface area contributed by atoms with E-state index in [4.69, 9.17) is 0 Å². The first-order chi connectivity index (χ1) is 8.91. The SMILES string of the molecule is CNCc1cccc(N2CC(S(=O)(=O)F)CC2=O)c1. The second kappa shape index (κ2) is 5.26. The van der Waals surface area contributed by atoms with Crippen LogP contribution in [0.25, 0.3) is 0 Å². The minimum absolute atomic E-state index is 0.124. The summed E-state index contributed by atoms with van der Waals surface area (Å²) >= 11 is 0. The normalized spacial score (nSPS) is 20.0. The first kappa shape index (κ1) is 14.0. The fourth-order valence-electron chi connectivity index (χ4n) is 2.15. The highest BCUT2D eigenvalue weighted by molar-refractivity contribution is 7.87. The smallest absolute Gasteiger partial charge is 0.307 e. The number of hydrogen-bond acceptors (Lipinski definition) is 4. The van der Waals surface area contributed by atoms with E-state index in [0.717, 1.165) is 5.56 Å². The molecule has 0 aliphatic carbocycles. The van der Waals surface area contributed by atoms with Crippen molar-refractivity contribution < 1.29 is 17.1 Å². The van der Waals surface area contributed by atoms with Crippen molar-refractivity contribution in [2.24, 2.45) is 0 Å². The summed E-state index contributed by atoms with van der Waals surface area (Å²) in [4.78, 5) is 13.1. The van der Waals surface area contributed by atoms with Crippen LogP contribution in [0, 0.1) is 0 Å². The molecule has 2 rings (SSSR count). The third-order valence-corrected chi connectivity index (χ3v) is 4.20. The molecule has 0 spiro atoms. The van der Waals surface area contributed by atoms with Crippen LogP contribution in [0.2, 0.25) is 0 Å². The summed E-state index contributed by atoms with van der Waals surface area (Å²) in [6, 6.07) is 7.18. The van der Waals surface area contributed by atoms with E-state index in [2.05, 4.69) is 5.32 Å². The van der Waals surface area contributed by atoms with Gasteiger partial charge in [-0.3, -0.25) is 4.79 Å². The second-order valence-electron chi connectivity index (χ2n) is 4.51. The van der Waals surface area contributed by atoms with Crippen molar-refractivity contribution in [2.75, 3.05) is 18.5 Å². The quantitative estimate of drug-likeness (QED) is 0.832. The lowest BCUT2D eigenvalue weighted by molar-refractivity contribution is -0.117. The first-order valence-electron chi connectivity index (χ1n) is 5.89. The third-order valence-electron chi connectivity index (χ3n) is 3.09. The number of rotatable bonds is 4. The van der Waals surface area contributed by atoms with Gasteiger partial charge in [-0.1, -0.05) is 12.1 Å². The van der Waals surface area contributed by atoms with E-state index in [1.165, 1.54) is 4.90 Å². The summed E-state index contributed by atoms with van der Waals surface area (Å²) in [5.41, 5.74) is 1.57. The van der Waals surface area contributed by atoms with Crippen LogP contribution in [0.3, 0.4) is 0 Å². The Kier molecular flexibility index (Phi) is 3.86. The Morgan fingerprint density at radius 3 is 2.79 bits per heavy atom. The van der Waals surface area contributed by atoms with Crippen molar-refractivity contribution in [3.8, 4) is 0 Å². The van der Waals surface area contributed by atoms with Gasteiger partial charge in [0.1, 0.15) is 5.25 Å². The van der Waals surface area contributed by atoms with Gasteiger partial charge in [0.2, 0.25) is 5.91 Å². The predicted molar refractivity (Wildman–Crippen MR) is 70.0 cm³/mol. The molecule has 0 bridgehead atoms. The van der Waals surface area contributed by atoms with Crippen molar-refractivity contribution in [2.45, 2.75) is 18.2 Å². The monoisotopic (exact) mass is 286 g/mol. The molecule has 19 heavy (non-hydrogen) atoms. The van der Waals surface area contributed by atoms with E-state index in [1.807, 2.05) is 6.07 Å². The molecule has 0 radical (unpaired) electrons. The number of nitrogens with one attached hydrogen (secondary N) is 1. The lowest BCUT2D eigenvalue weighted by Crippen LogP contribution is -2.27. The molecule has 1 heterocycles. The fraction of sp³-hybridized carbons (Fsp3) is 0.417. The van der Waals surface area contributed by atoms with Gasteiger partial charge in [0.05, 0.1) is 0 Å². The summed E-state index contributed by atoms with van der Waals surface area (Å²) in [6.45, 7) is 0.515. The zero-order chi connectivity index (χ0) is 14.0. The molecule has 1 aromatic carbocycles. The number of carbonyl (C=O) groups is 1. The van der Waals surface area contributed by atoms with Crippen LogP contribution >= 0.6 is 0 Å². The summed E-state index contributed by atoms with van der Waals surface area (Å²) < 4.78 is 34.7. The molecule has 1 aromatic rings. The molecule has 1 aliphatic heterocycles. The predicted octanol–water partition coefficient (Wildman–Crippen LogP) is 0.811. The molecule has 104 valence electrons. The molecule has 0 saturated carbocycles. The number of carbonyl (C=O) groups excluding carboxylic acids is 1. The summed E-state index contributed by atoms with van der Waals surface area (Å²) in [5, 5.41) is 1.73. The highest BCUT2D eigenvalue weighted by atomic mass is 32.3. The van der Waals surface area contributed by atoms with Gasteiger partial charge in [-0.2, -0.15) is 8.42 Å².